The number of hydrazone groups is 1. The summed E-state index contributed by atoms with van der Waals surface area (Å²) in [6.45, 7) is 12.0. The van der Waals surface area contributed by atoms with Gasteiger partial charge in [-0.1, -0.05) is 31.2 Å². The van der Waals surface area contributed by atoms with Crippen molar-refractivity contribution in [2.45, 2.75) is 52.5 Å². The molecule has 2 aromatic rings. The van der Waals surface area contributed by atoms with Crippen LogP contribution in [0.4, 0.5) is 11.4 Å². The largest absolute Gasteiger partial charge is 0.366 e. The van der Waals surface area contributed by atoms with Gasteiger partial charge in [-0.15, -0.1) is 0 Å². The molecule has 0 aliphatic carbocycles. The number of amides is 1. The number of fused-ring (bicyclic) bond motifs is 1. The first-order chi connectivity index (χ1) is 13.8. The van der Waals surface area contributed by atoms with E-state index < -0.39 is 0 Å². The van der Waals surface area contributed by atoms with E-state index in [1.165, 1.54) is 16.3 Å². The number of carbonyl (C=O) groups excluding carboxylic acids is 1. The van der Waals surface area contributed by atoms with Crippen molar-refractivity contribution in [2.24, 2.45) is 5.10 Å². The van der Waals surface area contributed by atoms with Crippen molar-refractivity contribution in [3.63, 3.8) is 0 Å². The monoisotopic (exact) mass is 387 g/mol. The maximum atomic E-state index is 13.0. The molecule has 0 spiro atoms. The van der Waals surface area contributed by atoms with Crippen LogP contribution in [-0.4, -0.2) is 23.7 Å². The number of hydrogen-bond donors (Lipinski definition) is 0. The molecule has 4 heteroatoms. The lowest BCUT2D eigenvalue weighted by atomic mass is 9.79. The van der Waals surface area contributed by atoms with Crippen molar-refractivity contribution < 1.29 is 4.79 Å². The Morgan fingerprint density at radius 3 is 2.59 bits per heavy atom. The van der Waals surface area contributed by atoms with Crippen LogP contribution in [-0.2, 0) is 4.79 Å². The summed E-state index contributed by atoms with van der Waals surface area (Å²) < 4.78 is 0. The minimum absolute atomic E-state index is 0.0733. The zero-order chi connectivity index (χ0) is 20.8. The molecule has 1 amide bonds. The smallest absolute Gasteiger partial charge is 0.280 e. The molecule has 1 unspecified atom stereocenters. The van der Waals surface area contributed by atoms with Crippen molar-refractivity contribution in [3.8, 4) is 0 Å². The molecule has 0 saturated heterocycles. The molecular formula is C25H29N3O. The van der Waals surface area contributed by atoms with Crippen LogP contribution in [0, 0.1) is 0 Å². The molecule has 4 rings (SSSR count). The summed E-state index contributed by atoms with van der Waals surface area (Å²) in [6.07, 6.45) is 3.10. The van der Waals surface area contributed by atoms with E-state index in [-0.39, 0.29) is 11.4 Å². The van der Waals surface area contributed by atoms with E-state index in [9.17, 15) is 4.79 Å². The summed E-state index contributed by atoms with van der Waals surface area (Å²) in [5, 5.41) is 5.98. The minimum Gasteiger partial charge on any atom is -0.366 e. The Labute approximate surface area is 173 Å². The fourth-order valence-electron chi connectivity index (χ4n) is 4.79. The van der Waals surface area contributed by atoms with Crippen LogP contribution in [0.3, 0.4) is 0 Å². The van der Waals surface area contributed by atoms with Crippen LogP contribution in [0.25, 0.3) is 6.08 Å². The molecule has 4 nitrogen and oxygen atoms in total. The molecule has 2 aliphatic heterocycles. The lowest BCUT2D eigenvalue weighted by Crippen LogP contribution is -2.48. The van der Waals surface area contributed by atoms with Crippen LogP contribution >= 0.6 is 0 Å². The van der Waals surface area contributed by atoms with Gasteiger partial charge in [-0.2, -0.15) is 10.1 Å². The highest BCUT2D eigenvalue weighted by molar-refractivity contribution is 6.32. The minimum atomic E-state index is -0.0733. The van der Waals surface area contributed by atoms with E-state index in [0.717, 1.165) is 29.9 Å². The first-order valence-corrected chi connectivity index (χ1v) is 10.4. The van der Waals surface area contributed by atoms with E-state index in [1.54, 1.807) is 0 Å². The molecule has 2 aromatic carbocycles. The molecule has 2 aliphatic rings. The summed E-state index contributed by atoms with van der Waals surface area (Å²) in [5.74, 6) is 0.409. The van der Waals surface area contributed by atoms with Gasteiger partial charge in [0.25, 0.3) is 5.91 Å². The van der Waals surface area contributed by atoms with Crippen molar-refractivity contribution in [1.82, 2.24) is 0 Å². The Hall–Kier alpha value is -2.88. The van der Waals surface area contributed by atoms with Crippen LogP contribution in [0.1, 0.15) is 58.1 Å². The molecule has 0 fully saturated rings. The quantitative estimate of drug-likeness (QED) is 0.642. The van der Waals surface area contributed by atoms with Crippen molar-refractivity contribution in [2.75, 3.05) is 16.5 Å². The zero-order valence-corrected chi connectivity index (χ0v) is 17.9. The number of rotatable bonds is 3. The molecule has 1 atom stereocenters. The Morgan fingerprint density at radius 1 is 1.17 bits per heavy atom. The van der Waals surface area contributed by atoms with Crippen LogP contribution in [0.2, 0.25) is 0 Å². The molecule has 0 aromatic heterocycles. The lowest BCUT2D eigenvalue weighted by Gasteiger charge is -2.47. The highest BCUT2D eigenvalue weighted by atomic mass is 16.2. The van der Waals surface area contributed by atoms with Crippen LogP contribution in [0.15, 0.2) is 59.2 Å². The third-order valence-corrected chi connectivity index (χ3v) is 6.10. The summed E-state index contributed by atoms with van der Waals surface area (Å²) in [7, 11) is 0. The van der Waals surface area contributed by atoms with Crippen LogP contribution in [0.5, 0.6) is 0 Å². The van der Waals surface area contributed by atoms with E-state index in [1.807, 2.05) is 43.3 Å². The number of carbonyl (C=O) groups is 1. The fraction of sp³-hybridized carbons (Fsp3) is 0.360. The summed E-state index contributed by atoms with van der Waals surface area (Å²) in [5.41, 5.74) is 6.08. The van der Waals surface area contributed by atoms with E-state index in [2.05, 4.69) is 55.9 Å². The molecule has 0 N–H and O–H groups in total. The Balaban J connectivity index is 1.69. The van der Waals surface area contributed by atoms with Gasteiger partial charge in [0.1, 0.15) is 0 Å². The van der Waals surface area contributed by atoms with Gasteiger partial charge in [-0.25, -0.2) is 0 Å². The van der Waals surface area contributed by atoms with Crippen LogP contribution < -0.4 is 9.91 Å². The zero-order valence-electron chi connectivity index (χ0n) is 17.9. The van der Waals surface area contributed by atoms with Gasteiger partial charge in [0.15, 0.2) is 0 Å². The highest BCUT2D eigenvalue weighted by Crippen LogP contribution is 2.43. The topological polar surface area (TPSA) is 35.9 Å². The normalized spacial score (nSPS) is 22.1. The second kappa shape index (κ2) is 7.18. The number of benzene rings is 2. The van der Waals surface area contributed by atoms with Crippen molar-refractivity contribution in [1.29, 1.82) is 0 Å². The Kier molecular flexibility index (Phi) is 4.81. The molecule has 2 heterocycles. The fourth-order valence-corrected chi connectivity index (χ4v) is 4.79. The maximum Gasteiger partial charge on any atom is 0.280 e. The molecule has 0 saturated carbocycles. The Morgan fingerprint density at radius 2 is 1.90 bits per heavy atom. The second-order valence-corrected chi connectivity index (χ2v) is 8.68. The number of nitrogens with zero attached hydrogens (tertiary/aromatic N) is 3. The van der Waals surface area contributed by atoms with Crippen molar-refractivity contribution >= 4 is 29.1 Å². The van der Waals surface area contributed by atoms with Gasteiger partial charge in [-0.3, -0.25) is 4.79 Å². The first-order valence-electron chi connectivity index (χ1n) is 10.4. The van der Waals surface area contributed by atoms with Gasteiger partial charge >= 0.3 is 0 Å². The average Bonchev–Trinajstić information content (AvgIpc) is 2.97. The average molecular weight is 388 g/mol. The Bertz CT molecular complexity index is 1000. The lowest BCUT2D eigenvalue weighted by molar-refractivity contribution is -0.114. The highest BCUT2D eigenvalue weighted by Gasteiger charge is 2.35. The summed E-state index contributed by atoms with van der Waals surface area (Å²) in [4.78, 5) is 15.5. The van der Waals surface area contributed by atoms with Gasteiger partial charge in [-0.05, 0) is 81.5 Å². The predicted octanol–water partition coefficient (Wildman–Crippen LogP) is 5.60. The first kappa shape index (κ1) is 19.4. The van der Waals surface area contributed by atoms with Crippen molar-refractivity contribution in [3.05, 3.63) is 65.2 Å². The van der Waals surface area contributed by atoms with Gasteiger partial charge in [0.05, 0.1) is 17.0 Å². The maximum absolute atomic E-state index is 13.0. The van der Waals surface area contributed by atoms with E-state index in [0.29, 0.717) is 11.5 Å². The summed E-state index contributed by atoms with van der Waals surface area (Å²) in [6, 6.07) is 16.2. The third kappa shape index (κ3) is 3.37. The molecular weight excluding hydrogens is 358 g/mol. The molecule has 150 valence electrons. The van der Waals surface area contributed by atoms with E-state index >= 15 is 0 Å². The molecule has 0 radical (unpaired) electrons. The number of para-hydroxylation sites is 1. The van der Waals surface area contributed by atoms with Gasteiger partial charge < -0.3 is 4.90 Å². The second-order valence-electron chi connectivity index (χ2n) is 8.68. The van der Waals surface area contributed by atoms with Gasteiger partial charge in [0, 0.05) is 17.8 Å². The number of anilines is 2. The predicted molar refractivity (Wildman–Crippen MR) is 122 cm³/mol. The van der Waals surface area contributed by atoms with E-state index in [4.69, 9.17) is 0 Å². The summed E-state index contributed by atoms with van der Waals surface area (Å²) >= 11 is 0. The number of hydrogen-bond acceptors (Lipinski definition) is 3. The molecule has 0 bridgehead atoms. The third-order valence-electron chi connectivity index (χ3n) is 6.10. The molecule has 29 heavy (non-hydrogen) atoms. The standard InChI is InChI=1S/C25H29N3O/c1-6-27-23-13-12-19(14-21(23)17(2)16-25(27,4)5)15-22-18(3)26-28(24(22)29)20-10-8-7-9-11-20/h7-15,17H,6,16H2,1-5H3/b22-15-. The SMILES string of the molecule is CCN1c2ccc(/C=C3\C(=O)N(c4ccccc4)N=C3C)cc2C(C)CC1(C)C. The van der Waals surface area contributed by atoms with Gasteiger partial charge in [0.2, 0.25) is 0 Å².